The lowest BCUT2D eigenvalue weighted by Crippen LogP contribution is -2.08. The van der Waals surface area contributed by atoms with E-state index in [1.165, 1.54) is 0 Å². The van der Waals surface area contributed by atoms with Crippen molar-refractivity contribution >= 4 is 11.6 Å². The number of hydrogen-bond acceptors (Lipinski definition) is 1. The van der Waals surface area contributed by atoms with Crippen LogP contribution in [0.5, 0.6) is 0 Å². The Labute approximate surface area is 81.9 Å². The van der Waals surface area contributed by atoms with Crippen LogP contribution in [-0.2, 0) is 12.8 Å². The standard InChI is InChI=1S/C8H5ClF4O/c9-7-4(3-14)6(10)2-1-5(7)8(11,12)13/h1-2,14H,3H2. The van der Waals surface area contributed by atoms with E-state index in [0.717, 1.165) is 0 Å². The molecule has 0 spiro atoms. The fourth-order valence-corrected chi connectivity index (χ4v) is 1.28. The van der Waals surface area contributed by atoms with Crippen molar-refractivity contribution in [3.05, 3.63) is 34.1 Å². The van der Waals surface area contributed by atoms with Gasteiger partial charge in [0.25, 0.3) is 0 Å². The lowest BCUT2D eigenvalue weighted by atomic mass is 10.1. The second-order valence-corrected chi connectivity index (χ2v) is 2.92. The lowest BCUT2D eigenvalue weighted by Gasteiger charge is -2.11. The first-order valence-electron chi connectivity index (χ1n) is 3.53. The summed E-state index contributed by atoms with van der Waals surface area (Å²) in [6.45, 7) is -0.866. The van der Waals surface area contributed by atoms with Gasteiger partial charge in [0, 0.05) is 5.56 Å². The molecule has 0 aliphatic carbocycles. The minimum absolute atomic E-state index is 0.539. The highest BCUT2D eigenvalue weighted by Crippen LogP contribution is 2.37. The summed E-state index contributed by atoms with van der Waals surface area (Å²) in [6.07, 6.45) is -4.64. The monoisotopic (exact) mass is 228 g/mol. The van der Waals surface area contributed by atoms with Crippen molar-refractivity contribution in [1.29, 1.82) is 0 Å². The molecule has 1 nitrogen and oxygen atoms in total. The van der Waals surface area contributed by atoms with E-state index < -0.39 is 34.7 Å². The van der Waals surface area contributed by atoms with Crippen molar-refractivity contribution < 1.29 is 22.7 Å². The number of aliphatic hydroxyl groups is 1. The SMILES string of the molecule is OCc1c(F)ccc(C(F)(F)F)c1Cl. The molecule has 0 saturated heterocycles. The average molecular weight is 229 g/mol. The van der Waals surface area contributed by atoms with Crippen LogP contribution in [0.3, 0.4) is 0 Å². The van der Waals surface area contributed by atoms with Crippen molar-refractivity contribution in [3.8, 4) is 0 Å². The number of halogens is 5. The summed E-state index contributed by atoms with van der Waals surface area (Å²) in [5.41, 5.74) is -1.69. The molecule has 78 valence electrons. The molecule has 0 amide bonds. The van der Waals surface area contributed by atoms with Crippen LogP contribution < -0.4 is 0 Å². The Hall–Kier alpha value is -0.810. The highest BCUT2D eigenvalue weighted by Gasteiger charge is 2.34. The number of rotatable bonds is 1. The molecule has 1 aromatic rings. The van der Waals surface area contributed by atoms with Gasteiger partial charge in [-0.25, -0.2) is 4.39 Å². The van der Waals surface area contributed by atoms with Gasteiger partial charge < -0.3 is 5.11 Å². The molecule has 6 heteroatoms. The maximum Gasteiger partial charge on any atom is 0.417 e. The van der Waals surface area contributed by atoms with Crippen molar-refractivity contribution in [3.63, 3.8) is 0 Å². The van der Waals surface area contributed by atoms with Crippen LogP contribution in [0.4, 0.5) is 17.6 Å². The molecule has 1 rings (SSSR count). The normalized spacial score (nSPS) is 11.9. The van der Waals surface area contributed by atoms with E-state index in [1.807, 2.05) is 0 Å². The molecule has 0 aromatic heterocycles. The van der Waals surface area contributed by atoms with Gasteiger partial charge >= 0.3 is 6.18 Å². The Morgan fingerprint density at radius 3 is 2.29 bits per heavy atom. The number of hydrogen-bond donors (Lipinski definition) is 1. The van der Waals surface area contributed by atoms with Gasteiger partial charge in [-0.05, 0) is 12.1 Å². The Kier molecular flexibility index (Phi) is 3.01. The van der Waals surface area contributed by atoms with Crippen LogP contribution in [0.25, 0.3) is 0 Å². The van der Waals surface area contributed by atoms with E-state index in [2.05, 4.69) is 0 Å². The molecule has 0 unspecified atom stereocenters. The molecule has 1 N–H and O–H groups in total. The fourth-order valence-electron chi connectivity index (χ4n) is 0.962. The third-order valence-corrected chi connectivity index (χ3v) is 2.08. The summed E-state index contributed by atoms with van der Waals surface area (Å²) in [4.78, 5) is 0. The van der Waals surface area contributed by atoms with Crippen LogP contribution in [0, 0.1) is 5.82 Å². The summed E-state index contributed by atoms with van der Waals surface area (Å²) in [7, 11) is 0. The summed E-state index contributed by atoms with van der Waals surface area (Å²) >= 11 is 5.28. The van der Waals surface area contributed by atoms with Gasteiger partial charge in [-0.3, -0.25) is 0 Å². The third-order valence-electron chi connectivity index (χ3n) is 1.65. The van der Waals surface area contributed by atoms with Crippen LogP contribution in [0.1, 0.15) is 11.1 Å². The number of aliphatic hydroxyl groups excluding tert-OH is 1. The van der Waals surface area contributed by atoms with E-state index >= 15 is 0 Å². The molecule has 0 bridgehead atoms. The minimum Gasteiger partial charge on any atom is -0.392 e. The second-order valence-electron chi connectivity index (χ2n) is 2.54. The molecule has 0 radical (unpaired) electrons. The number of alkyl halides is 3. The topological polar surface area (TPSA) is 20.2 Å². The first kappa shape index (κ1) is 11.3. The molecule has 0 aliphatic rings. The molecular weight excluding hydrogens is 224 g/mol. The van der Waals surface area contributed by atoms with E-state index in [4.69, 9.17) is 16.7 Å². The molecule has 0 aliphatic heterocycles. The summed E-state index contributed by atoms with van der Waals surface area (Å²) in [5, 5.41) is 7.81. The zero-order chi connectivity index (χ0) is 10.9. The first-order chi connectivity index (χ1) is 6.38. The van der Waals surface area contributed by atoms with Crippen molar-refractivity contribution in [2.75, 3.05) is 0 Å². The molecule has 0 heterocycles. The molecule has 0 atom stereocenters. The quantitative estimate of drug-likeness (QED) is 0.733. The van der Waals surface area contributed by atoms with Crippen LogP contribution in [0.2, 0.25) is 5.02 Å². The molecule has 14 heavy (non-hydrogen) atoms. The van der Waals surface area contributed by atoms with Crippen molar-refractivity contribution in [2.24, 2.45) is 0 Å². The van der Waals surface area contributed by atoms with Gasteiger partial charge in [-0.2, -0.15) is 13.2 Å². The largest absolute Gasteiger partial charge is 0.417 e. The van der Waals surface area contributed by atoms with Gasteiger partial charge in [0.15, 0.2) is 0 Å². The fraction of sp³-hybridized carbons (Fsp3) is 0.250. The summed E-state index contributed by atoms with van der Waals surface area (Å²) < 4.78 is 49.4. The summed E-state index contributed by atoms with van der Waals surface area (Å²) in [6, 6.07) is 1.16. The Morgan fingerprint density at radius 2 is 1.86 bits per heavy atom. The molecule has 0 fully saturated rings. The van der Waals surface area contributed by atoms with Gasteiger partial charge in [0.2, 0.25) is 0 Å². The highest BCUT2D eigenvalue weighted by molar-refractivity contribution is 6.32. The zero-order valence-corrected chi connectivity index (χ0v) is 7.45. The molecular formula is C8H5ClF4O. The van der Waals surface area contributed by atoms with Gasteiger partial charge in [0.05, 0.1) is 17.2 Å². The maximum atomic E-state index is 12.8. The molecule has 0 saturated carbocycles. The molecule has 1 aromatic carbocycles. The van der Waals surface area contributed by atoms with Gasteiger partial charge in [-0.1, -0.05) is 11.6 Å². The predicted molar refractivity (Wildman–Crippen MR) is 42.3 cm³/mol. The van der Waals surface area contributed by atoms with Crippen LogP contribution >= 0.6 is 11.6 Å². The Balaban J connectivity index is 3.36. The lowest BCUT2D eigenvalue weighted by molar-refractivity contribution is -0.137. The minimum atomic E-state index is -4.64. The highest BCUT2D eigenvalue weighted by atomic mass is 35.5. The Morgan fingerprint density at radius 1 is 1.29 bits per heavy atom. The van der Waals surface area contributed by atoms with Crippen molar-refractivity contribution in [2.45, 2.75) is 12.8 Å². The maximum absolute atomic E-state index is 12.8. The summed E-state index contributed by atoms with van der Waals surface area (Å²) in [5.74, 6) is -0.953. The van der Waals surface area contributed by atoms with Crippen LogP contribution in [-0.4, -0.2) is 5.11 Å². The van der Waals surface area contributed by atoms with Gasteiger partial charge in [-0.15, -0.1) is 0 Å². The smallest absolute Gasteiger partial charge is 0.392 e. The van der Waals surface area contributed by atoms with E-state index in [0.29, 0.717) is 12.1 Å². The zero-order valence-electron chi connectivity index (χ0n) is 6.70. The van der Waals surface area contributed by atoms with E-state index in [1.54, 1.807) is 0 Å². The predicted octanol–water partition coefficient (Wildman–Crippen LogP) is 2.99. The second kappa shape index (κ2) is 3.74. The Bertz CT molecular complexity index is 348. The van der Waals surface area contributed by atoms with Crippen molar-refractivity contribution in [1.82, 2.24) is 0 Å². The van der Waals surface area contributed by atoms with Crippen LogP contribution in [0.15, 0.2) is 12.1 Å². The van der Waals surface area contributed by atoms with E-state index in [-0.39, 0.29) is 0 Å². The third kappa shape index (κ3) is 1.99. The van der Waals surface area contributed by atoms with Gasteiger partial charge in [0.1, 0.15) is 5.82 Å². The number of benzene rings is 1. The first-order valence-corrected chi connectivity index (χ1v) is 3.90. The van der Waals surface area contributed by atoms with E-state index in [9.17, 15) is 17.6 Å². The average Bonchev–Trinajstić information content (AvgIpc) is 2.02.